The van der Waals surface area contributed by atoms with Gasteiger partial charge in [-0.25, -0.2) is 0 Å². The van der Waals surface area contributed by atoms with E-state index in [9.17, 15) is 4.79 Å². The van der Waals surface area contributed by atoms with E-state index >= 15 is 0 Å². The second-order valence-electron chi connectivity index (χ2n) is 4.79. The minimum atomic E-state index is 0.0256. The topological polar surface area (TPSA) is 56.6 Å². The number of hydrogen-bond donors (Lipinski definition) is 0. The number of morpholine rings is 1. The standard InChI is InChI=1S/C14H18IN3O2S/c15-13-10-12(11-21-13)14(19)18(3-1-2-16)5-4-17-6-8-20-9-7-17/h10-11H,1,3-9H2. The molecule has 1 aliphatic rings. The molecule has 1 aromatic rings. The summed E-state index contributed by atoms with van der Waals surface area (Å²) in [7, 11) is 0. The van der Waals surface area contributed by atoms with Crippen LogP contribution in [0.4, 0.5) is 0 Å². The first kappa shape index (κ1) is 16.7. The zero-order valence-corrected chi connectivity index (χ0v) is 14.7. The number of nitriles is 1. The summed E-state index contributed by atoms with van der Waals surface area (Å²) < 4.78 is 6.43. The molecule has 0 radical (unpaired) electrons. The molecule has 1 saturated heterocycles. The number of ether oxygens (including phenoxy) is 1. The molecule has 5 nitrogen and oxygen atoms in total. The van der Waals surface area contributed by atoms with E-state index in [1.165, 1.54) is 0 Å². The Morgan fingerprint density at radius 3 is 2.86 bits per heavy atom. The summed E-state index contributed by atoms with van der Waals surface area (Å²) in [5, 5.41) is 10.7. The Morgan fingerprint density at radius 1 is 1.48 bits per heavy atom. The van der Waals surface area contributed by atoms with Gasteiger partial charge in [0.1, 0.15) is 0 Å². The van der Waals surface area contributed by atoms with E-state index in [4.69, 9.17) is 10.00 Å². The minimum Gasteiger partial charge on any atom is -0.379 e. The minimum absolute atomic E-state index is 0.0256. The van der Waals surface area contributed by atoms with Crippen LogP contribution < -0.4 is 0 Å². The van der Waals surface area contributed by atoms with Crippen molar-refractivity contribution in [1.82, 2.24) is 9.80 Å². The lowest BCUT2D eigenvalue weighted by molar-refractivity contribution is 0.0326. The normalized spacial score (nSPS) is 15.6. The van der Waals surface area contributed by atoms with Crippen LogP contribution in [0.5, 0.6) is 0 Å². The van der Waals surface area contributed by atoms with Gasteiger partial charge in [-0.05, 0) is 28.7 Å². The summed E-state index contributed by atoms with van der Waals surface area (Å²) in [5.74, 6) is 0.0256. The van der Waals surface area contributed by atoms with Gasteiger partial charge in [-0.1, -0.05) is 0 Å². The molecule has 0 unspecified atom stereocenters. The van der Waals surface area contributed by atoms with E-state index < -0.39 is 0 Å². The van der Waals surface area contributed by atoms with Crippen LogP contribution in [-0.2, 0) is 4.74 Å². The number of rotatable bonds is 6. The van der Waals surface area contributed by atoms with E-state index in [2.05, 4.69) is 33.6 Å². The van der Waals surface area contributed by atoms with Gasteiger partial charge >= 0.3 is 0 Å². The summed E-state index contributed by atoms with van der Waals surface area (Å²) in [5.41, 5.74) is 0.726. The van der Waals surface area contributed by atoms with Crippen molar-refractivity contribution in [3.8, 4) is 6.07 Å². The smallest absolute Gasteiger partial charge is 0.254 e. The van der Waals surface area contributed by atoms with E-state index in [0.29, 0.717) is 19.5 Å². The van der Waals surface area contributed by atoms with E-state index in [1.807, 2.05) is 11.4 Å². The van der Waals surface area contributed by atoms with Gasteiger partial charge in [-0.3, -0.25) is 9.69 Å². The molecule has 0 atom stereocenters. The number of carbonyl (C=O) groups excluding carboxylic acids is 1. The second-order valence-corrected chi connectivity index (χ2v) is 7.60. The van der Waals surface area contributed by atoms with Gasteiger partial charge in [0.15, 0.2) is 0 Å². The number of thiophene rings is 1. The average molecular weight is 419 g/mol. The SMILES string of the molecule is N#CCCN(CCN1CCOCC1)C(=O)c1csc(I)c1. The predicted octanol–water partition coefficient (Wildman–Crippen LogP) is 2.04. The number of halogens is 1. The quantitative estimate of drug-likeness (QED) is 0.663. The molecule has 0 saturated carbocycles. The highest BCUT2D eigenvalue weighted by Gasteiger charge is 2.18. The van der Waals surface area contributed by atoms with Crippen molar-refractivity contribution in [3.63, 3.8) is 0 Å². The Hall–Kier alpha value is -0.690. The molecular formula is C14H18IN3O2S. The first-order valence-corrected chi connectivity index (χ1v) is 8.87. The lowest BCUT2D eigenvalue weighted by Crippen LogP contribution is -2.43. The number of nitrogens with zero attached hydrogens (tertiary/aromatic N) is 3. The van der Waals surface area contributed by atoms with Crippen molar-refractivity contribution in [2.75, 3.05) is 45.9 Å². The largest absolute Gasteiger partial charge is 0.379 e. The highest BCUT2D eigenvalue weighted by Crippen LogP contribution is 2.18. The van der Waals surface area contributed by atoms with Crippen LogP contribution in [-0.4, -0.2) is 61.6 Å². The lowest BCUT2D eigenvalue weighted by atomic mass is 10.2. The number of amides is 1. The summed E-state index contributed by atoms with van der Waals surface area (Å²) in [4.78, 5) is 16.6. The maximum atomic E-state index is 12.5. The first-order valence-electron chi connectivity index (χ1n) is 6.91. The van der Waals surface area contributed by atoms with Gasteiger partial charge in [0.25, 0.3) is 5.91 Å². The molecule has 0 N–H and O–H groups in total. The fourth-order valence-corrected chi connectivity index (χ4v) is 3.51. The van der Waals surface area contributed by atoms with E-state index in [-0.39, 0.29) is 5.91 Å². The molecule has 0 aliphatic carbocycles. The van der Waals surface area contributed by atoms with Crippen molar-refractivity contribution in [1.29, 1.82) is 5.26 Å². The van der Waals surface area contributed by atoms with E-state index in [1.54, 1.807) is 16.2 Å². The summed E-state index contributed by atoms with van der Waals surface area (Å²) >= 11 is 3.78. The monoisotopic (exact) mass is 419 g/mol. The molecule has 2 rings (SSSR count). The zero-order valence-electron chi connectivity index (χ0n) is 11.8. The molecular weight excluding hydrogens is 401 g/mol. The van der Waals surface area contributed by atoms with Crippen molar-refractivity contribution in [2.24, 2.45) is 0 Å². The van der Waals surface area contributed by atoms with Crippen LogP contribution in [0.2, 0.25) is 0 Å². The molecule has 1 aromatic heterocycles. The van der Waals surface area contributed by atoms with Crippen molar-refractivity contribution in [3.05, 3.63) is 19.9 Å². The molecule has 1 aliphatic heterocycles. The molecule has 21 heavy (non-hydrogen) atoms. The highest BCUT2D eigenvalue weighted by atomic mass is 127. The zero-order chi connectivity index (χ0) is 15.1. The molecule has 1 amide bonds. The van der Waals surface area contributed by atoms with Crippen molar-refractivity contribution < 1.29 is 9.53 Å². The second kappa shape index (κ2) is 8.68. The summed E-state index contributed by atoms with van der Waals surface area (Å²) in [6, 6.07) is 4.03. The van der Waals surface area contributed by atoms with Gasteiger partial charge in [0, 0.05) is 38.1 Å². The molecule has 0 spiro atoms. The number of carbonyl (C=O) groups is 1. The van der Waals surface area contributed by atoms with Crippen LogP contribution in [0.3, 0.4) is 0 Å². The first-order chi connectivity index (χ1) is 10.2. The third-order valence-corrected chi connectivity index (χ3v) is 5.17. The lowest BCUT2D eigenvalue weighted by Gasteiger charge is -2.29. The molecule has 114 valence electrons. The third kappa shape index (κ3) is 5.21. The Labute approximate surface area is 142 Å². The van der Waals surface area contributed by atoms with Crippen LogP contribution in [0.25, 0.3) is 0 Å². The van der Waals surface area contributed by atoms with Gasteiger partial charge in [0.2, 0.25) is 0 Å². The molecule has 2 heterocycles. The molecule has 0 aromatic carbocycles. The van der Waals surface area contributed by atoms with E-state index in [0.717, 1.165) is 41.3 Å². The summed E-state index contributed by atoms with van der Waals surface area (Å²) in [6.45, 7) is 5.33. The number of hydrogen-bond acceptors (Lipinski definition) is 5. The molecule has 7 heteroatoms. The Morgan fingerprint density at radius 2 is 2.24 bits per heavy atom. The van der Waals surface area contributed by atoms with Crippen LogP contribution >= 0.6 is 33.9 Å². The summed E-state index contributed by atoms with van der Waals surface area (Å²) in [6.07, 6.45) is 0.371. The predicted molar refractivity (Wildman–Crippen MR) is 90.4 cm³/mol. The maximum Gasteiger partial charge on any atom is 0.254 e. The highest BCUT2D eigenvalue weighted by molar-refractivity contribution is 14.1. The van der Waals surface area contributed by atoms with Crippen molar-refractivity contribution in [2.45, 2.75) is 6.42 Å². The average Bonchev–Trinajstić information content (AvgIpc) is 2.94. The molecule has 1 fully saturated rings. The van der Waals surface area contributed by atoms with Crippen LogP contribution in [0.1, 0.15) is 16.8 Å². The Kier molecular flexibility index (Phi) is 6.89. The molecule has 0 bridgehead atoms. The van der Waals surface area contributed by atoms with Gasteiger partial charge in [-0.15, -0.1) is 11.3 Å². The van der Waals surface area contributed by atoms with Gasteiger partial charge < -0.3 is 9.64 Å². The maximum absolute atomic E-state index is 12.5. The third-order valence-electron chi connectivity index (χ3n) is 3.38. The van der Waals surface area contributed by atoms with Crippen molar-refractivity contribution >= 4 is 39.8 Å². The van der Waals surface area contributed by atoms with Crippen LogP contribution in [0, 0.1) is 14.2 Å². The fraction of sp³-hybridized carbons (Fsp3) is 0.571. The Bertz CT molecular complexity index is 509. The Balaban J connectivity index is 1.93. The van der Waals surface area contributed by atoms with Gasteiger partial charge in [-0.2, -0.15) is 5.26 Å². The van der Waals surface area contributed by atoms with Crippen LogP contribution in [0.15, 0.2) is 11.4 Å². The fourth-order valence-electron chi connectivity index (χ4n) is 2.19. The van der Waals surface area contributed by atoms with Gasteiger partial charge in [0.05, 0.1) is 34.2 Å².